The molecule has 2 aromatic carbocycles. The first-order valence-corrected chi connectivity index (χ1v) is 11.0. The molecule has 1 aliphatic rings. The summed E-state index contributed by atoms with van der Waals surface area (Å²) in [6.45, 7) is 3.44. The molecule has 1 aliphatic carbocycles. The van der Waals surface area contributed by atoms with Crippen LogP contribution in [-0.4, -0.2) is 39.4 Å². The van der Waals surface area contributed by atoms with E-state index in [2.05, 4.69) is 4.72 Å². The van der Waals surface area contributed by atoms with Crippen molar-refractivity contribution in [3.05, 3.63) is 54.1 Å². The summed E-state index contributed by atoms with van der Waals surface area (Å²) in [5.74, 6) is 0.884. The van der Waals surface area contributed by atoms with Crippen LogP contribution in [0.4, 0.5) is 5.69 Å². The number of para-hydroxylation sites is 2. The molecule has 0 spiro atoms. The molecule has 0 radical (unpaired) electrons. The third-order valence-electron chi connectivity index (χ3n) is 4.70. The van der Waals surface area contributed by atoms with Gasteiger partial charge in [-0.25, -0.2) is 8.42 Å². The Labute approximate surface area is 166 Å². The SMILES string of the molecule is CCCN(CC1CC1)C(=O)c1cccc(S(=O)(=O)Nc2ccccc2OC)c1. The minimum Gasteiger partial charge on any atom is -0.495 e. The highest BCUT2D eigenvalue weighted by Crippen LogP contribution is 2.30. The van der Waals surface area contributed by atoms with E-state index in [0.717, 1.165) is 25.8 Å². The Bertz CT molecular complexity index is 939. The first kappa shape index (κ1) is 20.2. The molecule has 0 saturated heterocycles. The summed E-state index contributed by atoms with van der Waals surface area (Å²) in [5, 5.41) is 0. The van der Waals surface area contributed by atoms with E-state index in [0.29, 0.717) is 29.5 Å². The zero-order chi connectivity index (χ0) is 20.1. The fourth-order valence-corrected chi connectivity index (χ4v) is 4.19. The predicted molar refractivity (Wildman–Crippen MR) is 109 cm³/mol. The summed E-state index contributed by atoms with van der Waals surface area (Å²) in [6, 6.07) is 13.0. The van der Waals surface area contributed by atoms with Crippen molar-refractivity contribution in [1.29, 1.82) is 0 Å². The molecular weight excluding hydrogens is 376 g/mol. The molecule has 28 heavy (non-hydrogen) atoms. The number of carbonyl (C=O) groups excluding carboxylic acids is 1. The van der Waals surface area contributed by atoms with Gasteiger partial charge in [-0.2, -0.15) is 0 Å². The van der Waals surface area contributed by atoms with Gasteiger partial charge in [-0.15, -0.1) is 0 Å². The van der Waals surface area contributed by atoms with Gasteiger partial charge in [-0.1, -0.05) is 25.1 Å². The van der Waals surface area contributed by atoms with Crippen LogP contribution in [0.2, 0.25) is 0 Å². The normalized spacial score (nSPS) is 13.8. The van der Waals surface area contributed by atoms with Gasteiger partial charge in [-0.05, 0) is 55.5 Å². The van der Waals surface area contributed by atoms with Crippen LogP contribution in [0.1, 0.15) is 36.5 Å². The van der Waals surface area contributed by atoms with Gasteiger partial charge >= 0.3 is 0 Å². The zero-order valence-corrected chi connectivity index (χ0v) is 17.0. The maximum atomic E-state index is 12.9. The predicted octanol–water partition coefficient (Wildman–Crippen LogP) is 3.76. The number of sulfonamides is 1. The second-order valence-corrected chi connectivity index (χ2v) is 8.71. The maximum absolute atomic E-state index is 12.9. The van der Waals surface area contributed by atoms with Crippen molar-refractivity contribution in [2.24, 2.45) is 5.92 Å². The number of ether oxygens (including phenoxy) is 1. The average Bonchev–Trinajstić information content (AvgIpc) is 3.51. The summed E-state index contributed by atoms with van der Waals surface area (Å²) in [5.41, 5.74) is 0.736. The van der Waals surface area contributed by atoms with E-state index in [1.54, 1.807) is 36.4 Å². The van der Waals surface area contributed by atoms with Gasteiger partial charge in [0.1, 0.15) is 5.75 Å². The molecule has 3 rings (SSSR count). The van der Waals surface area contributed by atoms with E-state index in [4.69, 9.17) is 4.74 Å². The van der Waals surface area contributed by atoms with Gasteiger partial charge in [0.15, 0.2) is 0 Å². The van der Waals surface area contributed by atoms with Gasteiger partial charge in [0.2, 0.25) is 0 Å². The van der Waals surface area contributed by atoms with Crippen molar-refractivity contribution in [2.45, 2.75) is 31.1 Å². The van der Waals surface area contributed by atoms with E-state index < -0.39 is 10.0 Å². The first-order valence-electron chi connectivity index (χ1n) is 9.49. The van der Waals surface area contributed by atoms with Crippen molar-refractivity contribution < 1.29 is 17.9 Å². The molecule has 1 amide bonds. The third-order valence-corrected chi connectivity index (χ3v) is 6.06. The zero-order valence-electron chi connectivity index (χ0n) is 16.2. The van der Waals surface area contributed by atoms with Crippen LogP contribution in [0.3, 0.4) is 0 Å². The largest absolute Gasteiger partial charge is 0.495 e. The number of nitrogens with one attached hydrogen (secondary N) is 1. The van der Waals surface area contributed by atoms with Crippen LogP contribution in [0.25, 0.3) is 0 Å². The summed E-state index contributed by atoms with van der Waals surface area (Å²) in [4.78, 5) is 14.8. The van der Waals surface area contributed by atoms with Crippen LogP contribution in [0.5, 0.6) is 5.75 Å². The molecule has 1 fully saturated rings. The van der Waals surface area contributed by atoms with Crippen molar-refractivity contribution in [3.63, 3.8) is 0 Å². The minimum absolute atomic E-state index is 0.0483. The monoisotopic (exact) mass is 402 g/mol. The number of anilines is 1. The molecule has 0 unspecified atom stereocenters. The topological polar surface area (TPSA) is 75.7 Å². The number of methoxy groups -OCH3 is 1. The van der Waals surface area contributed by atoms with Crippen molar-refractivity contribution in [1.82, 2.24) is 4.90 Å². The molecule has 0 aromatic heterocycles. The van der Waals surface area contributed by atoms with E-state index in [1.165, 1.54) is 19.2 Å². The Kier molecular flexibility index (Phi) is 6.24. The quantitative estimate of drug-likeness (QED) is 0.693. The molecule has 150 valence electrons. The molecule has 6 nitrogen and oxygen atoms in total. The van der Waals surface area contributed by atoms with E-state index >= 15 is 0 Å². The highest BCUT2D eigenvalue weighted by molar-refractivity contribution is 7.92. The number of carbonyl (C=O) groups is 1. The summed E-state index contributed by atoms with van der Waals surface area (Å²) in [6.07, 6.45) is 3.18. The van der Waals surface area contributed by atoms with Gasteiger partial charge in [0, 0.05) is 18.7 Å². The summed E-state index contributed by atoms with van der Waals surface area (Å²) in [7, 11) is -2.37. The van der Waals surface area contributed by atoms with Gasteiger partial charge in [0.25, 0.3) is 15.9 Å². The number of amides is 1. The molecule has 1 saturated carbocycles. The molecule has 1 N–H and O–H groups in total. The Hall–Kier alpha value is -2.54. The Morgan fingerprint density at radius 3 is 2.61 bits per heavy atom. The van der Waals surface area contributed by atoms with Gasteiger partial charge in [-0.3, -0.25) is 9.52 Å². The molecule has 0 atom stereocenters. The number of benzene rings is 2. The maximum Gasteiger partial charge on any atom is 0.262 e. The molecule has 2 aromatic rings. The molecular formula is C21H26N2O4S. The van der Waals surface area contributed by atoms with E-state index in [1.807, 2.05) is 11.8 Å². The number of hydrogen-bond acceptors (Lipinski definition) is 4. The number of rotatable bonds is 9. The lowest BCUT2D eigenvalue weighted by atomic mass is 10.2. The van der Waals surface area contributed by atoms with Crippen molar-refractivity contribution >= 4 is 21.6 Å². The fraction of sp³-hybridized carbons (Fsp3) is 0.381. The first-order chi connectivity index (χ1) is 13.4. The lowest BCUT2D eigenvalue weighted by Gasteiger charge is -2.22. The number of hydrogen-bond donors (Lipinski definition) is 1. The third kappa shape index (κ3) is 4.84. The second-order valence-electron chi connectivity index (χ2n) is 7.03. The van der Waals surface area contributed by atoms with E-state index in [9.17, 15) is 13.2 Å². The summed E-state index contributed by atoms with van der Waals surface area (Å²) < 4.78 is 33.4. The molecule has 0 bridgehead atoms. The fourth-order valence-electron chi connectivity index (χ4n) is 3.07. The average molecular weight is 403 g/mol. The van der Waals surface area contributed by atoms with Gasteiger partial charge < -0.3 is 9.64 Å². The van der Waals surface area contributed by atoms with Crippen LogP contribution in [0.15, 0.2) is 53.4 Å². The van der Waals surface area contributed by atoms with Crippen molar-refractivity contribution in [2.75, 3.05) is 24.9 Å². The van der Waals surface area contributed by atoms with Crippen LogP contribution in [-0.2, 0) is 10.0 Å². The highest BCUT2D eigenvalue weighted by atomic mass is 32.2. The van der Waals surface area contributed by atoms with Crippen LogP contribution in [0, 0.1) is 5.92 Å². The Morgan fingerprint density at radius 1 is 1.18 bits per heavy atom. The van der Waals surface area contributed by atoms with Crippen LogP contribution >= 0.6 is 0 Å². The van der Waals surface area contributed by atoms with Crippen LogP contribution < -0.4 is 9.46 Å². The standard InChI is InChI=1S/C21H26N2O4S/c1-3-13-23(15-16-11-12-16)21(24)17-7-6-8-18(14-17)28(25,26)22-19-9-4-5-10-20(19)27-2/h4-10,14,16,22H,3,11-13,15H2,1-2H3. The van der Waals surface area contributed by atoms with Gasteiger partial charge in [0.05, 0.1) is 17.7 Å². The second kappa shape index (κ2) is 8.65. The van der Waals surface area contributed by atoms with Crippen molar-refractivity contribution in [3.8, 4) is 5.75 Å². The molecule has 0 aliphatic heterocycles. The van der Waals surface area contributed by atoms with E-state index in [-0.39, 0.29) is 10.8 Å². The smallest absolute Gasteiger partial charge is 0.262 e. The molecule has 0 heterocycles. The highest BCUT2D eigenvalue weighted by Gasteiger charge is 2.27. The summed E-state index contributed by atoms with van der Waals surface area (Å²) >= 11 is 0. The Balaban J connectivity index is 1.83. The Morgan fingerprint density at radius 2 is 1.93 bits per heavy atom. The molecule has 7 heteroatoms. The lowest BCUT2D eigenvalue weighted by molar-refractivity contribution is 0.0747. The number of nitrogens with zero attached hydrogens (tertiary/aromatic N) is 1. The lowest BCUT2D eigenvalue weighted by Crippen LogP contribution is -2.33. The minimum atomic E-state index is -3.85.